The van der Waals surface area contributed by atoms with E-state index in [9.17, 15) is 22.8 Å². The molecule has 2 aromatic heterocycles. The minimum Gasteiger partial charge on any atom is -0.345 e. The molecule has 27 heavy (non-hydrogen) atoms. The van der Waals surface area contributed by atoms with E-state index in [0.29, 0.717) is 0 Å². The maximum absolute atomic E-state index is 12.6. The number of imidazole rings is 1. The molecule has 1 saturated heterocycles. The van der Waals surface area contributed by atoms with Gasteiger partial charge < -0.3 is 14.8 Å². The highest BCUT2D eigenvalue weighted by Crippen LogP contribution is 2.31. The lowest BCUT2D eigenvalue weighted by molar-refractivity contribution is -0.145. The normalized spacial score (nSPS) is 16.8. The molecule has 8 nitrogen and oxygen atoms in total. The highest BCUT2D eigenvalue weighted by molar-refractivity contribution is 5.92. The molecule has 1 fully saturated rings. The zero-order chi connectivity index (χ0) is 19.5. The van der Waals surface area contributed by atoms with Crippen LogP contribution < -0.4 is 5.32 Å². The van der Waals surface area contributed by atoms with E-state index < -0.39 is 24.2 Å². The summed E-state index contributed by atoms with van der Waals surface area (Å²) in [4.78, 5) is 38.2. The monoisotopic (exact) mass is 382 g/mol. The number of amides is 2. The molecule has 144 valence electrons. The molecule has 0 saturated carbocycles. The third kappa shape index (κ3) is 4.07. The smallest absolute Gasteiger partial charge is 0.345 e. The highest BCUT2D eigenvalue weighted by Gasteiger charge is 2.45. The number of hydrogen-bond donors (Lipinski definition) is 1. The van der Waals surface area contributed by atoms with E-state index in [4.69, 9.17) is 0 Å². The van der Waals surface area contributed by atoms with Gasteiger partial charge in [-0.25, -0.2) is 15.0 Å². The molecule has 11 heteroatoms. The van der Waals surface area contributed by atoms with Crippen LogP contribution in [0.25, 0.3) is 0 Å². The molecular formula is C16H17F3N6O2. The van der Waals surface area contributed by atoms with Gasteiger partial charge in [-0.3, -0.25) is 9.59 Å². The van der Waals surface area contributed by atoms with E-state index in [1.165, 1.54) is 46.8 Å². The van der Waals surface area contributed by atoms with Crippen LogP contribution in [0.5, 0.6) is 0 Å². The Kier molecular flexibility index (Phi) is 5.10. The van der Waals surface area contributed by atoms with Crippen LogP contribution in [0.1, 0.15) is 23.3 Å². The molecule has 0 spiro atoms. The third-order valence-corrected chi connectivity index (χ3v) is 4.55. The summed E-state index contributed by atoms with van der Waals surface area (Å²) in [6.45, 7) is -1.02. The van der Waals surface area contributed by atoms with Crippen LogP contribution in [0.2, 0.25) is 0 Å². The Hall–Kier alpha value is -2.98. The van der Waals surface area contributed by atoms with Gasteiger partial charge in [-0.1, -0.05) is 0 Å². The van der Waals surface area contributed by atoms with Gasteiger partial charge in [-0.05, 0) is 18.9 Å². The summed E-state index contributed by atoms with van der Waals surface area (Å²) in [5.41, 5.74) is -1.01. The molecule has 0 bridgehead atoms. The Bertz CT molecular complexity index is 786. The minimum atomic E-state index is -4.50. The number of likely N-dealkylation sites (tertiary alicyclic amines) is 1. The number of carbonyl (C=O) groups is 2. The first-order valence-corrected chi connectivity index (χ1v) is 8.21. The van der Waals surface area contributed by atoms with Gasteiger partial charge in [0.05, 0.1) is 6.33 Å². The lowest BCUT2D eigenvalue weighted by Gasteiger charge is -2.41. The molecule has 3 rings (SSSR count). The summed E-state index contributed by atoms with van der Waals surface area (Å²) >= 11 is 0. The maximum Gasteiger partial charge on any atom is 0.405 e. The molecule has 3 heterocycles. The average molecular weight is 382 g/mol. The third-order valence-electron chi connectivity index (χ3n) is 4.55. The second-order valence-electron chi connectivity index (χ2n) is 6.19. The summed E-state index contributed by atoms with van der Waals surface area (Å²) < 4.78 is 39.0. The molecule has 0 aromatic carbocycles. The van der Waals surface area contributed by atoms with Crippen molar-refractivity contribution in [1.29, 1.82) is 0 Å². The van der Waals surface area contributed by atoms with E-state index >= 15 is 0 Å². The van der Waals surface area contributed by atoms with Gasteiger partial charge in [0.15, 0.2) is 0 Å². The summed E-state index contributed by atoms with van der Waals surface area (Å²) in [6.07, 6.45) is 2.91. The molecule has 0 radical (unpaired) electrons. The van der Waals surface area contributed by atoms with Crippen molar-refractivity contribution in [2.45, 2.75) is 24.6 Å². The predicted molar refractivity (Wildman–Crippen MR) is 86.4 cm³/mol. The fourth-order valence-corrected chi connectivity index (χ4v) is 3.12. The molecule has 1 aliphatic heterocycles. The lowest BCUT2D eigenvalue weighted by Crippen LogP contribution is -2.56. The molecule has 0 atom stereocenters. The van der Waals surface area contributed by atoms with Crippen molar-refractivity contribution in [3.05, 3.63) is 43.0 Å². The Labute approximate surface area is 152 Å². The number of halogens is 3. The molecule has 2 amide bonds. The summed E-state index contributed by atoms with van der Waals surface area (Å²) in [5, 5.41) is 1.96. The van der Waals surface area contributed by atoms with Gasteiger partial charge in [-0.15, -0.1) is 0 Å². The van der Waals surface area contributed by atoms with Crippen molar-refractivity contribution in [3.63, 3.8) is 0 Å². The molecule has 1 aliphatic rings. The van der Waals surface area contributed by atoms with E-state index in [-0.39, 0.29) is 37.5 Å². The second kappa shape index (κ2) is 7.33. The Morgan fingerprint density at radius 1 is 1.19 bits per heavy atom. The SMILES string of the molecule is O=C(c1ccncn1)N1CCC(C(=O)NCC(F)(F)F)(n2ccnc2)CC1. The standard InChI is InChI=1S/C16H17F3N6O2/c17-16(18,19)9-22-14(27)15(25-8-5-21-11-25)2-6-24(7-3-15)13(26)12-1-4-20-10-23-12/h1,4-5,8,10-11H,2-3,6-7,9H2,(H,22,27). The van der Waals surface area contributed by atoms with Crippen LogP contribution >= 0.6 is 0 Å². The average Bonchev–Trinajstić information content (AvgIpc) is 3.21. The van der Waals surface area contributed by atoms with Crippen LogP contribution in [0, 0.1) is 0 Å². The zero-order valence-electron chi connectivity index (χ0n) is 14.2. The predicted octanol–water partition coefficient (Wildman–Crippen LogP) is 0.983. The van der Waals surface area contributed by atoms with E-state index in [2.05, 4.69) is 15.0 Å². The summed E-state index contributed by atoms with van der Waals surface area (Å²) in [7, 11) is 0. The molecular weight excluding hydrogens is 365 g/mol. The van der Waals surface area contributed by atoms with Crippen molar-refractivity contribution < 1.29 is 22.8 Å². The summed E-state index contributed by atoms with van der Waals surface area (Å²) in [5.74, 6) is -1.06. The quantitative estimate of drug-likeness (QED) is 0.851. The second-order valence-corrected chi connectivity index (χ2v) is 6.19. The van der Waals surface area contributed by atoms with Crippen LogP contribution in [0.3, 0.4) is 0 Å². The van der Waals surface area contributed by atoms with Crippen LogP contribution in [0.15, 0.2) is 37.3 Å². The van der Waals surface area contributed by atoms with Gasteiger partial charge in [0, 0.05) is 31.7 Å². The maximum atomic E-state index is 12.6. The van der Waals surface area contributed by atoms with Crippen molar-refractivity contribution >= 4 is 11.8 Å². The number of rotatable bonds is 4. The highest BCUT2D eigenvalue weighted by atomic mass is 19.4. The summed E-state index contributed by atoms with van der Waals surface area (Å²) in [6, 6.07) is 1.48. The first-order chi connectivity index (χ1) is 12.8. The minimum absolute atomic E-state index is 0.157. The number of nitrogens with zero attached hydrogens (tertiary/aromatic N) is 5. The Morgan fingerprint density at radius 2 is 1.93 bits per heavy atom. The van der Waals surface area contributed by atoms with E-state index in [1.807, 2.05) is 5.32 Å². The number of aromatic nitrogens is 4. The fourth-order valence-electron chi connectivity index (χ4n) is 3.12. The number of nitrogens with one attached hydrogen (secondary N) is 1. The van der Waals surface area contributed by atoms with Gasteiger partial charge in [0.2, 0.25) is 5.91 Å². The van der Waals surface area contributed by atoms with Gasteiger partial charge in [-0.2, -0.15) is 13.2 Å². The van der Waals surface area contributed by atoms with E-state index in [1.54, 1.807) is 0 Å². The van der Waals surface area contributed by atoms with Crippen molar-refractivity contribution in [1.82, 2.24) is 29.7 Å². The lowest BCUT2D eigenvalue weighted by atomic mass is 9.85. The van der Waals surface area contributed by atoms with Crippen LogP contribution in [0.4, 0.5) is 13.2 Å². The number of alkyl halides is 3. The Morgan fingerprint density at radius 3 is 2.48 bits per heavy atom. The topological polar surface area (TPSA) is 93.0 Å². The van der Waals surface area contributed by atoms with E-state index in [0.717, 1.165) is 0 Å². The number of carbonyl (C=O) groups excluding carboxylic acids is 2. The molecule has 2 aromatic rings. The number of piperidine rings is 1. The van der Waals surface area contributed by atoms with Crippen LogP contribution in [-0.4, -0.2) is 62.0 Å². The molecule has 0 unspecified atom stereocenters. The molecule has 1 N–H and O–H groups in total. The van der Waals surface area contributed by atoms with Crippen molar-refractivity contribution in [2.24, 2.45) is 0 Å². The fraction of sp³-hybridized carbons (Fsp3) is 0.438. The van der Waals surface area contributed by atoms with Crippen molar-refractivity contribution in [3.8, 4) is 0 Å². The first-order valence-electron chi connectivity index (χ1n) is 8.21. The largest absolute Gasteiger partial charge is 0.405 e. The Balaban J connectivity index is 1.75. The van der Waals surface area contributed by atoms with Crippen LogP contribution in [-0.2, 0) is 10.3 Å². The molecule has 0 aliphatic carbocycles. The van der Waals surface area contributed by atoms with Gasteiger partial charge in [0.1, 0.15) is 24.1 Å². The zero-order valence-corrected chi connectivity index (χ0v) is 14.2. The van der Waals surface area contributed by atoms with Crippen molar-refractivity contribution in [2.75, 3.05) is 19.6 Å². The van der Waals surface area contributed by atoms with Gasteiger partial charge in [0.25, 0.3) is 5.91 Å². The first kappa shape index (κ1) is 18.8. The number of hydrogen-bond acceptors (Lipinski definition) is 5. The van der Waals surface area contributed by atoms with Gasteiger partial charge >= 0.3 is 6.18 Å².